The van der Waals surface area contributed by atoms with Gasteiger partial charge in [0.05, 0.1) is 21.0 Å². The van der Waals surface area contributed by atoms with E-state index in [0.29, 0.717) is 5.56 Å². The minimum absolute atomic E-state index is 0.0197. The zero-order chi connectivity index (χ0) is 25.2. The molecule has 0 spiro atoms. The van der Waals surface area contributed by atoms with Crippen LogP contribution in [0.15, 0.2) is 53.4 Å². The number of hydrogen-bond acceptors (Lipinski definition) is 4. The Morgan fingerprint density at radius 1 is 0.912 bits per heavy atom. The molecule has 0 atom stereocenters. The van der Waals surface area contributed by atoms with Crippen molar-refractivity contribution in [3.8, 4) is 0 Å². The van der Waals surface area contributed by atoms with Crippen LogP contribution in [0.2, 0.25) is 5.02 Å². The summed E-state index contributed by atoms with van der Waals surface area (Å²) in [4.78, 5) is 12.1. The zero-order valence-corrected chi connectivity index (χ0v) is 18.9. The largest absolute Gasteiger partial charge is 0.457 e. The van der Waals surface area contributed by atoms with Gasteiger partial charge in [-0.15, -0.1) is 0 Å². The van der Waals surface area contributed by atoms with Crippen LogP contribution in [0.5, 0.6) is 0 Å². The average molecular weight is 520 g/mol. The lowest BCUT2D eigenvalue weighted by molar-refractivity contribution is 0.0462. The number of carbonyl (C=O) groups is 1. The molecule has 3 rings (SSSR count). The summed E-state index contributed by atoms with van der Waals surface area (Å²) in [5, 5.41) is -0.257. The number of hydrogen-bond donors (Lipinski definition) is 0. The summed E-state index contributed by atoms with van der Waals surface area (Å²) in [6.07, 6.45) is 0. The number of rotatable bonds is 7. The third kappa shape index (κ3) is 5.06. The van der Waals surface area contributed by atoms with E-state index in [9.17, 15) is 35.2 Å². The standard InChI is InChI=1S/C22H15ClF5NO4S/c1-29(10-12-5-3-2-4-6-12)34(31,32)13-7-8-16(23)14(9-13)22(30)33-11-15-17(24)19(26)21(28)20(27)18(15)25/h2-9H,10-11H2,1H3. The van der Waals surface area contributed by atoms with E-state index >= 15 is 0 Å². The number of nitrogens with zero attached hydrogens (tertiary/aromatic N) is 1. The normalized spacial score (nSPS) is 11.6. The van der Waals surface area contributed by atoms with Crippen molar-refractivity contribution >= 4 is 27.6 Å². The van der Waals surface area contributed by atoms with Crippen LogP contribution in [0, 0.1) is 29.1 Å². The summed E-state index contributed by atoms with van der Waals surface area (Å²) in [6, 6.07) is 11.8. The van der Waals surface area contributed by atoms with Crippen molar-refractivity contribution in [2.75, 3.05) is 7.05 Å². The van der Waals surface area contributed by atoms with Crippen molar-refractivity contribution in [2.45, 2.75) is 18.0 Å². The molecule has 180 valence electrons. The van der Waals surface area contributed by atoms with E-state index in [2.05, 4.69) is 4.74 Å². The van der Waals surface area contributed by atoms with Crippen LogP contribution in [0.3, 0.4) is 0 Å². The molecule has 12 heteroatoms. The molecule has 0 aromatic heterocycles. The first-order valence-corrected chi connectivity index (χ1v) is 11.2. The number of carbonyl (C=O) groups excluding carboxylic acids is 1. The van der Waals surface area contributed by atoms with E-state index in [1.165, 1.54) is 7.05 Å². The highest BCUT2D eigenvalue weighted by Gasteiger charge is 2.28. The third-order valence-electron chi connectivity index (χ3n) is 4.76. The van der Waals surface area contributed by atoms with Crippen LogP contribution in [0.4, 0.5) is 22.0 Å². The molecule has 34 heavy (non-hydrogen) atoms. The lowest BCUT2D eigenvalue weighted by Gasteiger charge is -2.18. The second kappa shape index (κ2) is 10.1. The molecular weight excluding hydrogens is 505 g/mol. The minimum atomic E-state index is -4.10. The molecule has 0 bridgehead atoms. The van der Waals surface area contributed by atoms with Crippen LogP contribution < -0.4 is 0 Å². The van der Waals surface area contributed by atoms with Gasteiger partial charge in [0.1, 0.15) is 6.61 Å². The van der Waals surface area contributed by atoms with Gasteiger partial charge in [0.25, 0.3) is 0 Å². The van der Waals surface area contributed by atoms with Crippen molar-refractivity contribution in [1.82, 2.24) is 4.31 Å². The van der Waals surface area contributed by atoms with Gasteiger partial charge in [-0.25, -0.2) is 35.2 Å². The Morgan fingerprint density at radius 3 is 2.06 bits per heavy atom. The summed E-state index contributed by atoms with van der Waals surface area (Å²) in [7, 11) is -2.78. The molecule has 0 N–H and O–H groups in total. The van der Waals surface area contributed by atoms with Crippen LogP contribution in [0.1, 0.15) is 21.5 Å². The van der Waals surface area contributed by atoms with Gasteiger partial charge in [-0.3, -0.25) is 0 Å². The van der Waals surface area contributed by atoms with Crippen LogP contribution >= 0.6 is 11.6 Å². The predicted molar refractivity (Wildman–Crippen MR) is 112 cm³/mol. The summed E-state index contributed by atoms with van der Waals surface area (Å²) >= 11 is 5.94. The molecule has 5 nitrogen and oxygen atoms in total. The van der Waals surface area contributed by atoms with Crippen molar-refractivity contribution in [1.29, 1.82) is 0 Å². The van der Waals surface area contributed by atoms with E-state index in [4.69, 9.17) is 11.6 Å². The fourth-order valence-electron chi connectivity index (χ4n) is 2.92. The summed E-state index contributed by atoms with van der Waals surface area (Å²) in [5.74, 6) is -12.4. The second-order valence-electron chi connectivity index (χ2n) is 7.01. The first kappa shape index (κ1) is 25.6. The maximum absolute atomic E-state index is 13.8. The topological polar surface area (TPSA) is 63.7 Å². The Kier molecular flexibility index (Phi) is 7.59. The van der Waals surface area contributed by atoms with Gasteiger partial charge in [0, 0.05) is 13.6 Å². The third-order valence-corrected chi connectivity index (χ3v) is 6.89. The van der Waals surface area contributed by atoms with Gasteiger partial charge >= 0.3 is 5.97 Å². The van der Waals surface area contributed by atoms with E-state index in [1.54, 1.807) is 30.3 Å². The van der Waals surface area contributed by atoms with Gasteiger partial charge in [-0.2, -0.15) is 4.31 Å². The molecular formula is C22H15ClF5NO4S. The zero-order valence-electron chi connectivity index (χ0n) is 17.3. The highest BCUT2D eigenvalue weighted by atomic mass is 35.5. The van der Waals surface area contributed by atoms with Crippen molar-refractivity contribution in [3.63, 3.8) is 0 Å². The molecule has 0 radical (unpaired) electrons. The SMILES string of the molecule is CN(Cc1ccccc1)S(=O)(=O)c1ccc(Cl)c(C(=O)OCc2c(F)c(F)c(F)c(F)c2F)c1. The number of esters is 1. The molecule has 0 saturated carbocycles. The van der Waals surface area contributed by atoms with Gasteiger partial charge in [0.15, 0.2) is 23.3 Å². The summed E-state index contributed by atoms with van der Waals surface area (Å²) in [5.41, 5.74) is -1.16. The monoisotopic (exact) mass is 519 g/mol. The maximum Gasteiger partial charge on any atom is 0.340 e. The molecule has 0 unspecified atom stereocenters. The molecule has 3 aromatic carbocycles. The van der Waals surface area contributed by atoms with Gasteiger partial charge in [0.2, 0.25) is 15.8 Å². The number of benzene rings is 3. The fraction of sp³-hybridized carbons (Fsp3) is 0.136. The Morgan fingerprint density at radius 2 is 1.47 bits per heavy atom. The Labute approximate surface area is 196 Å². The summed E-state index contributed by atoms with van der Waals surface area (Å²) < 4.78 is 98.9. The first-order valence-electron chi connectivity index (χ1n) is 9.42. The van der Waals surface area contributed by atoms with Gasteiger partial charge in [-0.1, -0.05) is 41.9 Å². The van der Waals surface area contributed by atoms with Crippen molar-refractivity contribution in [3.05, 3.63) is 99.3 Å². The molecule has 0 aliphatic carbocycles. The van der Waals surface area contributed by atoms with E-state index in [1.807, 2.05) is 0 Å². The molecule has 0 amide bonds. The smallest absolute Gasteiger partial charge is 0.340 e. The minimum Gasteiger partial charge on any atom is -0.457 e. The van der Waals surface area contributed by atoms with E-state index < -0.39 is 62.8 Å². The molecule has 0 aliphatic heterocycles. The molecule has 3 aromatic rings. The highest BCUT2D eigenvalue weighted by molar-refractivity contribution is 7.89. The van der Waals surface area contributed by atoms with Crippen molar-refractivity contribution < 1.29 is 39.9 Å². The van der Waals surface area contributed by atoms with Gasteiger partial charge in [-0.05, 0) is 23.8 Å². The van der Waals surface area contributed by atoms with Crippen LogP contribution in [-0.2, 0) is 27.9 Å². The first-order chi connectivity index (χ1) is 15.9. The molecule has 0 aliphatic rings. The maximum atomic E-state index is 13.8. The number of halogens is 6. The molecule has 0 heterocycles. The Bertz CT molecular complexity index is 1320. The van der Waals surface area contributed by atoms with E-state index in [-0.39, 0.29) is 16.5 Å². The van der Waals surface area contributed by atoms with E-state index in [0.717, 1.165) is 22.5 Å². The lowest BCUT2D eigenvalue weighted by Crippen LogP contribution is -2.26. The van der Waals surface area contributed by atoms with Gasteiger partial charge < -0.3 is 4.74 Å². The average Bonchev–Trinajstić information content (AvgIpc) is 2.82. The van der Waals surface area contributed by atoms with Crippen LogP contribution in [0.25, 0.3) is 0 Å². The van der Waals surface area contributed by atoms with Crippen molar-refractivity contribution in [2.24, 2.45) is 0 Å². The molecule has 0 saturated heterocycles. The quantitative estimate of drug-likeness (QED) is 0.186. The lowest BCUT2D eigenvalue weighted by atomic mass is 10.1. The molecule has 0 fully saturated rings. The second-order valence-corrected chi connectivity index (χ2v) is 9.47. The predicted octanol–water partition coefficient (Wildman–Crippen LogP) is 5.21. The Hall–Kier alpha value is -3.02. The Balaban J connectivity index is 1.84. The highest BCUT2D eigenvalue weighted by Crippen LogP contribution is 2.26. The van der Waals surface area contributed by atoms with Crippen LogP contribution in [-0.4, -0.2) is 25.7 Å². The number of ether oxygens (including phenoxy) is 1. The summed E-state index contributed by atoms with van der Waals surface area (Å²) in [6.45, 7) is -1.29. The fourth-order valence-corrected chi connectivity index (χ4v) is 4.30. The number of sulfonamides is 1.